The summed E-state index contributed by atoms with van der Waals surface area (Å²) >= 11 is 0. The van der Waals surface area contributed by atoms with Crippen molar-refractivity contribution in [3.05, 3.63) is 229 Å². The summed E-state index contributed by atoms with van der Waals surface area (Å²) in [4.78, 5) is 149. The monoisotopic (exact) mass is 1320 g/mol. The van der Waals surface area contributed by atoms with Crippen LogP contribution in [0.15, 0.2) is 150 Å². The van der Waals surface area contributed by atoms with Crippen LogP contribution in [0, 0.1) is 0 Å². The summed E-state index contributed by atoms with van der Waals surface area (Å²) in [5.74, 6) is -1.36. The topological polar surface area (TPSA) is 287 Å². The average molecular weight is 1320 g/mol. The van der Waals surface area contributed by atoms with E-state index in [4.69, 9.17) is 18.9 Å². The van der Waals surface area contributed by atoms with Crippen molar-refractivity contribution in [2.24, 2.45) is 0 Å². The zero-order valence-corrected chi connectivity index (χ0v) is 56.3. The quantitative estimate of drug-likeness (QED) is 0.0398. The summed E-state index contributed by atoms with van der Waals surface area (Å²) in [6.45, 7) is 23.7. The van der Waals surface area contributed by atoms with Crippen LogP contribution in [0.1, 0.15) is 160 Å². The lowest BCUT2D eigenvalue weighted by Gasteiger charge is -2.32. The molecule has 0 spiro atoms. The Kier molecular flexibility index (Phi) is 15.8. The summed E-state index contributed by atoms with van der Waals surface area (Å²) in [5, 5.41) is 2.00. The summed E-state index contributed by atoms with van der Waals surface area (Å²) < 4.78 is 30.3. The Labute approximate surface area is 559 Å². The van der Waals surface area contributed by atoms with Crippen LogP contribution in [0.5, 0.6) is 46.0 Å². The molecule has 0 atom stereocenters. The molecule has 22 heteroatoms. The van der Waals surface area contributed by atoms with Gasteiger partial charge in [-0.25, -0.2) is 37.9 Å². The zero-order chi connectivity index (χ0) is 70.0. The Balaban J connectivity index is 1.16. The van der Waals surface area contributed by atoms with Gasteiger partial charge in [-0.3, -0.25) is 48.9 Å². The Morgan fingerprint density at radius 2 is 0.500 bits per heavy atom. The molecule has 0 saturated heterocycles. The predicted molar refractivity (Wildman–Crippen MR) is 372 cm³/mol. The number of fused-ring (bicyclic) bond motifs is 2. The Bertz CT molecular complexity index is 4870. The van der Waals surface area contributed by atoms with Gasteiger partial charge in [0.2, 0.25) is 0 Å². The lowest BCUT2D eigenvalue weighted by atomic mass is 9.80. The minimum atomic E-state index is -0.993. The second kappa shape index (κ2) is 23.7. The van der Waals surface area contributed by atoms with Crippen LogP contribution < -0.4 is 53.1 Å². The van der Waals surface area contributed by atoms with E-state index in [9.17, 15) is 28.8 Å². The van der Waals surface area contributed by atoms with E-state index in [0.717, 1.165) is 41.2 Å². The van der Waals surface area contributed by atoms with E-state index in [0.29, 0.717) is 23.0 Å². The van der Waals surface area contributed by atoms with E-state index in [2.05, 4.69) is 83.1 Å². The van der Waals surface area contributed by atoms with Crippen molar-refractivity contribution in [1.82, 2.24) is 38.9 Å². The molecule has 0 saturated carbocycles. The minimum Gasteiger partial charge on any atom is -0.457 e. The molecule has 22 nitrogen and oxygen atoms in total. The molecule has 0 bridgehead atoms. The fourth-order valence-corrected chi connectivity index (χ4v) is 13.0. The molecule has 4 N–H and O–H groups in total. The Morgan fingerprint density at radius 3 is 0.704 bits per heavy atom. The van der Waals surface area contributed by atoms with Crippen LogP contribution in [0.3, 0.4) is 0 Å². The number of aromatic amines is 4. The molecular weight excluding hydrogens is 1250 g/mol. The van der Waals surface area contributed by atoms with Crippen molar-refractivity contribution in [2.45, 2.75) is 131 Å². The van der Waals surface area contributed by atoms with Gasteiger partial charge in [0.05, 0.1) is 22.3 Å². The first-order valence-corrected chi connectivity index (χ1v) is 32.3. The summed E-state index contributed by atoms with van der Waals surface area (Å²) in [6.07, 6.45) is -0.209. The van der Waals surface area contributed by atoms with Gasteiger partial charge in [-0.1, -0.05) is 132 Å². The van der Waals surface area contributed by atoms with Gasteiger partial charge in [0, 0.05) is 69.3 Å². The highest BCUT2D eigenvalue weighted by Gasteiger charge is 2.42. The van der Waals surface area contributed by atoms with E-state index >= 15 is 19.2 Å². The first kappa shape index (κ1) is 65.3. The lowest BCUT2D eigenvalue weighted by Crippen LogP contribution is -2.45. The van der Waals surface area contributed by atoms with Gasteiger partial charge in [-0.2, -0.15) is 0 Å². The van der Waals surface area contributed by atoms with Crippen LogP contribution in [-0.4, -0.2) is 75.6 Å². The molecule has 13 rings (SSSR count). The molecule has 11 aromatic rings. The molecule has 2 aromatic heterocycles. The van der Waals surface area contributed by atoms with E-state index < -0.39 is 57.8 Å². The lowest BCUT2D eigenvalue weighted by molar-refractivity contribution is 0.0591. The van der Waals surface area contributed by atoms with Gasteiger partial charge >= 0.3 is 34.1 Å². The molecule has 2 aliphatic heterocycles. The highest BCUT2D eigenvalue weighted by atomic mass is 16.5. The number of imide groups is 2. The number of nitrogens with one attached hydrogen (secondary N) is 4. The fourth-order valence-electron chi connectivity index (χ4n) is 13.0. The third-order valence-corrected chi connectivity index (χ3v) is 18.2. The fraction of sp³-hybridized carbons (Fsp3) is 0.289. The van der Waals surface area contributed by atoms with Gasteiger partial charge in [0.15, 0.2) is 0 Å². The standard InChI is InChI=1S/C76H72N8O14/c1-73(2,3)39-15-23-43(24-16-39)95-51-35-47-55-48(64(86)81(63(47)85)31-13-33-83-69(91)77-67(89)78-70(83)92)37-53(97-45-27-19-41(20-28-45)75(7,8)9)59-60-54(98-46-29-21-42(22-30-46)76(10,11)12)38-50-56-49(65(87)82(66(50)88)32-14-34-84-71(93)79-68(90)80-72(84)94)36-52(58(62(56)60)57(51)61(55)59)96-44-25-17-40(18-26-44)74(4,5)6/h15-30,35-38H,13-14,31-34H2,1-12H3,(H2,77,78,89,91,92)(H2,79,80,90,93,94). The van der Waals surface area contributed by atoms with E-state index in [1.807, 2.05) is 68.5 Å². The molecule has 0 radical (unpaired) electrons. The number of H-pyrrole nitrogens is 4. The van der Waals surface area contributed by atoms with Gasteiger partial charge in [0.1, 0.15) is 46.0 Å². The molecule has 500 valence electrons. The molecule has 98 heavy (non-hydrogen) atoms. The van der Waals surface area contributed by atoms with E-state index in [1.165, 1.54) is 0 Å². The summed E-state index contributed by atoms with van der Waals surface area (Å²) in [7, 11) is 0. The van der Waals surface area contributed by atoms with Gasteiger partial charge in [-0.05, 0) is 130 Å². The number of carbonyl (C=O) groups excluding carboxylic acids is 4. The largest absolute Gasteiger partial charge is 0.457 e. The molecule has 9 aromatic carbocycles. The number of ether oxygens (including phenoxy) is 4. The molecule has 4 amide bonds. The van der Waals surface area contributed by atoms with Crippen molar-refractivity contribution in [3.8, 4) is 46.0 Å². The second-order valence-corrected chi connectivity index (χ2v) is 29.1. The first-order chi connectivity index (χ1) is 46.2. The van der Waals surface area contributed by atoms with Crippen LogP contribution in [0.2, 0.25) is 0 Å². The highest BCUT2D eigenvalue weighted by Crippen LogP contribution is 2.58. The smallest absolute Gasteiger partial charge is 0.333 e. The molecule has 0 aliphatic carbocycles. The van der Waals surface area contributed by atoms with Gasteiger partial charge in [0.25, 0.3) is 23.6 Å². The predicted octanol–water partition coefficient (Wildman–Crippen LogP) is 12.5. The van der Waals surface area contributed by atoms with Crippen molar-refractivity contribution in [3.63, 3.8) is 0 Å². The molecule has 0 unspecified atom stereocenters. The number of rotatable bonds is 16. The summed E-state index contributed by atoms with van der Waals surface area (Å²) in [6, 6.07) is 36.2. The van der Waals surface area contributed by atoms with Crippen molar-refractivity contribution >= 4 is 66.7 Å². The number of carbonyl (C=O) groups is 4. The molecule has 4 heterocycles. The van der Waals surface area contributed by atoms with Crippen molar-refractivity contribution in [1.29, 1.82) is 0 Å². The van der Waals surface area contributed by atoms with Crippen molar-refractivity contribution in [2.75, 3.05) is 13.1 Å². The highest BCUT2D eigenvalue weighted by molar-refractivity contribution is 6.44. The van der Waals surface area contributed by atoms with Crippen LogP contribution in [-0.2, 0) is 34.7 Å². The van der Waals surface area contributed by atoms with Crippen molar-refractivity contribution < 1.29 is 38.1 Å². The number of nitrogens with zero attached hydrogens (tertiary/aromatic N) is 4. The van der Waals surface area contributed by atoms with E-state index in [-0.39, 0.29) is 149 Å². The van der Waals surface area contributed by atoms with E-state index in [1.54, 1.807) is 72.8 Å². The first-order valence-electron chi connectivity index (χ1n) is 32.3. The van der Waals surface area contributed by atoms with Crippen LogP contribution in [0.25, 0.3) is 43.1 Å². The number of hydrogen-bond acceptors (Lipinski definition) is 14. The number of hydrogen-bond donors (Lipinski definition) is 4. The number of benzene rings is 9. The zero-order valence-electron chi connectivity index (χ0n) is 56.3. The summed E-state index contributed by atoms with van der Waals surface area (Å²) in [5.41, 5.74) is -2.96. The average Bonchev–Trinajstić information content (AvgIpc) is 0.673. The van der Waals surface area contributed by atoms with Gasteiger partial charge < -0.3 is 18.9 Å². The van der Waals surface area contributed by atoms with Crippen LogP contribution >= 0.6 is 0 Å². The number of aromatic nitrogens is 6. The third-order valence-electron chi connectivity index (χ3n) is 18.2. The Morgan fingerprint density at radius 1 is 0.286 bits per heavy atom. The second-order valence-electron chi connectivity index (χ2n) is 29.1. The van der Waals surface area contributed by atoms with Crippen LogP contribution in [0.4, 0.5) is 0 Å². The third kappa shape index (κ3) is 11.7. The maximum absolute atomic E-state index is 15.8. The maximum Gasteiger partial charge on any atom is 0.333 e. The molecular formula is C76H72N8O14. The Hall–Kier alpha value is -11.4. The SMILES string of the molecule is CC(C)(C)c1ccc(Oc2cc3c4c(cc(Oc5ccc(C(C)(C)C)cc5)c5c6c(Oc7ccc(C(C)(C)C)cc7)cc7c8c(cc(Oc9ccc(C(C)(C)C)cc9)c(c2c45)c86)C(=O)N(CCCn2c(=O)[nH]c(=O)[nH]c2=O)C7=O)C(=O)N(CCCn2c(=O)[nH]c(=O)[nH]c2=O)C3=O)cc1. The molecule has 0 fully saturated rings. The van der Waals surface area contributed by atoms with Gasteiger partial charge in [-0.15, -0.1) is 0 Å². The molecule has 2 aliphatic rings. The maximum atomic E-state index is 15.8. The minimum absolute atomic E-state index is 0.0164. The number of amides is 4. The normalized spacial score (nSPS) is 13.6.